The Bertz CT molecular complexity index is 644. The number of Topliss-reactive ketones (excluding diaryl/α,β-unsaturated/α-hetero) is 1. The predicted molar refractivity (Wildman–Crippen MR) is 89.7 cm³/mol. The molecule has 0 bridgehead atoms. The highest BCUT2D eigenvalue weighted by Gasteiger charge is 2.21. The quantitative estimate of drug-likeness (QED) is 0.777. The lowest BCUT2D eigenvalue weighted by molar-refractivity contribution is 0.102. The topological polar surface area (TPSA) is 97.9 Å². The average Bonchev–Trinajstić information content (AvgIpc) is 2.50. The molecule has 0 aromatic carbocycles. The van der Waals surface area contributed by atoms with Gasteiger partial charge in [0.2, 0.25) is 0 Å². The summed E-state index contributed by atoms with van der Waals surface area (Å²) in [7, 11) is 0. The first-order valence-electron chi connectivity index (χ1n) is 7.82. The van der Waals surface area contributed by atoms with Crippen LogP contribution in [0.25, 0.3) is 0 Å². The van der Waals surface area contributed by atoms with Gasteiger partial charge >= 0.3 is 5.69 Å². The molecule has 3 N–H and O–H groups in total. The highest BCUT2D eigenvalue weighted by Crippen LogP contribution is 2.28. The average molecular weight is 325 g/mol. The van der Waals surface area contributed by atoms with Gasteiger partial charge in [0.05, 0.1) is 5.75 Å². The zero-order chi connectivity index (χ0) is 16.1. The number of nitrogens with two attached hydrogens (primary N) is 1. The maximum absolute atomic E-state index is 12.4. The molecule has 1 saturated carbocycles. The summed E-state index contributed by atoms with van der Waals surface area (Å²) in [5.74, 6) is -0.0635. The number of carbonyl (C=O) groups excluding carboxylic acids is 1. The van der Waals surface area contributed by atoms with E-state index in [2.05, 4.69) is 4.98 Å². The predicted octanol–water partition coefficient (Wildman–Crippen LogP) is 1.78. The van der Waals surface area contributed by atoms with Gasteiger partial charge in [-0.3, -0.25) is 19.1 Å². The number of ketones is 1. The first kappa shape index (κ1) is 16.9. The fourth-order valence-electron chi connectivity index (χ4n) is 2.80. The molecule has 6 nitrogen and oxygen atoms in total. The number of H-pyrrole nitrogens is 1. The van der Waals surface area contributed by atoms with Crippen LogP contribution in [0.15, 0.2) is 9.59 Å². The van der Waals surface area contributed by atoms with Crippen molar-refractivity contribution in [1.29, 1.82) is 0 Å². The van der Waals surface area contributed by atoms with E-state index in [4.69, 9.17) is 5.73 Å². The molecule has 0 aliphatic heterocycles. The number of anilines is 1. The zero-order valence-corrected chi connectivity index (χ0v) is 13.7. The molecule has 0 radical (unpaired) electrons. The number of aromatic nitrogens is 2. The summed E-state index contributed by atoms with van der Waals surface area (Å²) in [6, 6.07) is 0. The van der Waals surface area contributed by atoms with Crippen LogP contribution in [0, 0.1) is 0 Å². The number of thioether (sulfide) groups is 1. The summed E-state index contributed by atoms with van der Waals surface area (Å²) in [6.45, 7) is 2.29. The van der Waals surface area contributed by atoms with Crippen molar-refractivity contribution in [2.45, 2.75) is 57.2 Å². The smallest absolute Gasteiger partial charge is 0.329 e. The summed E-state index contributed by atoms with van der Waals surface area (Å²) in [5.41, 5.74) is 4.59. The van der Waals surface area contributed by atoms with Crippen LogP contribution < -0.4 is 17.0 Å². The molecule has 1 aliphatic carbocycles. The van der Waals surface area contributed by atoms with Crippen molar-refractivity contribution < 1.29 is 4.79 Å². The number of aromatic amines is 1. The maximum Gasteiger partial charge on any atom is 0.329 e. The normalized spacial score (nSPS) is 15.9. The van der Waals surface area contributed by atoms with Gasteiger partial charge < -0.3 is 5.73 Å². The van der Waals surface area contributed by atoms with Crippen LogP contribution in [0.4, 0.5) is 5.82 Å². The summed E-state index contributed by atoms with van der Waals surface area (Å²) >= 11 is 1.60. The zero-order valence-electron chi connectivity index (χ0n) is 12.9. The van der Waals surface area contributed by atoms with Crippen molar-refractivity contribution >= 4 is 23.4 Å². The van der Waals surface area contributed by atoms with E-state index in [-0.39, 0.29) is 22.9 Å². The Balaban J connectivity index is 2.16. The van der Waals surface area contributed by atoms with Gasteiger partial charge in [-0.05, 0) is 19.3 Å². The molecule has 1 aliphatic rings. The molecule has 2 rings (SSSR count). The Labute approximate surface area is 133 Å². The lowest BCUT2D eigenvalue weighted by Crippen LogP contribution is -2.36. The lowest BCUT2D eigenvalue weighted by atomic mass is 10.0. The molecule has 0 unspecified atom stereocenters. The van der Waals surface area contributed by atoms with E-state index in [9.17, 15) is 14.4 Å². The molecule has 22 heavy (non-hydrogen) atoms. The monoisotopic (exact) mass is 325 g/mol. The molecule has 0 spiro atoms. The minimum atomic E-state index is -0.677. The van der Waals surface area contributed by atoms with Crippen LogP contribution >= 0.6 is 11.8 Å². The second kappa shape index (κ2) is 7.67. The molecule has 1 heterocycles. The molecular weight excluding hydrogens is 302 g/mol. The molecule has 7 heteroatoms. The molecular formula is C15H23N3O3S. The summed E-state index contributed by atoms with van der Waals surface area (Å²) in [4.78, 5) is 38.2. The first-order valence-corrected chi connectivity index (χ1v) is 8.86. The lowest BCUT2D eigenvalue weighted by Gasteiger charge is -2.20. The van der Waals surface area contributed by atoms with Crippen molar-refractivity contribution in [2.24, 2.45) is 0 Å². The molecule has 0 amide bonds. The molecule has 1 fully saturated rings. The minimum Gasteiger partial charge on any atom is -0.384 e. The second-order valence-electron chi connectivity index (χ2n) is 5.67. The fourth-order valence-corrected chi connectivity index (χ4v) is 4.00. The third kappa shape index (κ3) is 3.82. The molecule has 1 aromatic rings. The van der Waals surface area contributed by atoms with Gasteiger partial charge in [-0.1, -0.05) is 26.2 Å². The third-order valence-corrected chi connectivity index (χ3v) is 5.34. The largest absolute Gasteiger partial charge is 0.384 e. The van der Waals surface area contributed by atoms with Gasteiger partial charge in [0.15, 0.2) is 5.78 Å². The standard InChI is InChI=1S/C15H23N3O3S/c1-2-8-18-13(16)12(14(20)17-15(18)21)11(19)9-22-10-6-4-3-5-7-10/h10H,2-9,16H2,1H3,(H,17,20,21). The molecule has 0 saturated heterocycles. The highest BCUT2D eigenvalue weighted by molar-refractivity contribution is 8.00. The Morgan fingerprint density at radius 3 is 2.64 bits per heavy atom. The Morgan fingerprint density at radius 2 is 2.00 bits per heavy atom. The van der Waals surface area contributed by atoms with Crippen LogP contribution in [0.1, 0.15) is 55.8 Å². The van der Waals surface area contributed by atoms with Crippen LogP contribution in [0.5, 0.6) is 0 Å². The van der Waals surface area contributed by atoms with Crippen molar-refractivity contribution in [3.63, 3.8) is 0 Å². The van der Waals surface area contributed by atoms with Crippen molar-refractivity contribution in [1.82, 2.24) is 9.55 Å². The van der Waals surface area contributed by atoms with E-state index in [0.717, 1.165) is 12.8 Å². The summed E-state index contributed by atoms with van der Waals surface area (Å²) in [5, 5.41) is 0.486. The minimum absolute atomic E-state index is 0.00940. The number of rotatable bonds is 6. The van der Waals surface area contributed by atoms with E-state index in [1.165, 1.54) is 23.8 Å². The number of nitrogens with one attached hydrogen (secondary N) is 1. The van der Waals surface area contributed by atoms with E-state index in [1.54, 1.807) is 11.8 Å². The van der Waals surface area contributed by atoms with Crippen LogP contribution in [0.3, 0.4) is 0 Å². The second-order valence-corrected chi connectivity index (χ2v) is 6.95. The van der Waals surface area contributed by atoms with Crippen LogP contribution in [-0.2, 0) is 6.54 Å². The van der Waals surface area contributed by atoms with E-state index in [1.807, 2.05) is 6.92 Å². The van der Waals surface area contributed by atoms with Gasteiger partial charge in [0.1, 0.15) is 11.4 Å². The summed E-state index contributed by atoms with van der Waals surface area (Å²) < 4.78 is 1.26. The number of nitrogens with zero attached hydrogens (tertiary/aromatic N) is 1. The molecule has 0 atom stereocenters. The van der Waals surface area contributed by atoms with E-state index >= 15 is 0 Å². The number of nitrogen functional groups attached to an aromatic ring is 1. The Morgan fingerprint density at radius 1 is 1.32 bits per heavy atom. The fraction of sp³-hybridized carbons (Fsp3) is 0.667. The van der Waals surface area contributed by atoms with Crippen molar-refractivity contribution in [3.8, 4) is 0 Å². The van der Waals surface area contributed by atoms with Crippen LogP contribution in [0.2, 0.25) is 0 Å². The Hall–Kier alpha value is -1.50. The van der Waals surface area contributed by atoms with Gasteiger partial charge in [-0.2, -0.15) is 11.8 Å². The van der Waals surface area contributed by atoms with E-state index in [0.29, 0.717) is 18.2 Å². The first-order chi connectivity index (χ1) is 10.5. The SMILES string of the molecule is CCCn1c(N)c(C(=O)CSC2CCCCC2)c(=O)[nH]c1=O. The van der Waals surface area contributed by atoms with Crippen molar-refractivity contribution in [3.05, 3.63) is 26.4 Å². The van der Waals surface area contributed by atoms with Crippen molar-refractivity contribution in [2.75, 3.05) is 11.5 Å². The van der Waals surface area contributed by atoms with Gasteiger partial charge in [-0.15, -0.1) is 0 Å². The molecule has 122 valence electrons. The van der Waals surface area contributed by atoms with Gasteiger partial charge in [-0.25, -0.2) is 4.79 Å². The van der Waals surface area contributed by atoms with E-state index < -0.39 is 11.2 Å². The van der Waals surface area contributed by atoms with Gasteiger partial charge in [0, 0.05) is 11.8 Å². The summed E-state index contributed by atoms with van der Waals surface area (Å²) in [6.07, 6.45) is 6.62. The van der Waals surface area contributed by atoms with Crippen LogP contribution in [-0.4, -0.2) is 26.3 Å². The van der Waals surface area contributed by atoms with Gasteiger partial charge in [0.25, 0.3) is 5.56 Å². The number of hydrogen-bond donors (Lipinski definition) is 2. The maximum atomic E-state index is 12.4. The third-order valence-electron chi connectivity index (χ3n) is 3.97. The Kier molecular flexibility index (Phi) is 5.88. The molecule has 1 aromatic heterocycles. The highest BCUT2D eigenvalue weighted by atomic mass is 32.2. The number of hydrogen-bond acceptors (Lipinski definition) is 5. The number of carbonyl (C=O) groups is 1.